The van der Waals surface area contributed by atoms with Crippen LogP contribution in [-0.2, 0) is 21.2 Å². The van der Waals surface area contributed by atoms with Crippen LogP contribution in [0.5, 0.6) is 0 Å². The Hall–Kier alpha value is -3.01. The molecule has 162 valence electrons. The van der Waals surface area contributed by atoms with Gasteiger partial charge in [0.2, 0.25) is 15.9 Å². The summed E-state index contributed by atoms with van der Waals surface area (Å²) in [6, 6.07) is 18.0. The molecule has 0 fully saturated rings. The van der Waals surface area contributed by atoms with Gasteiger partial charge in [0, 0.05) is 26.2 Å². The number of benzene rings is 2. The largest absolute Gasteiger partial charge is 0.339 e. The lowest BCUT2D eigenvalue weighted by atomic mass is 10.0. The lowest BCUT2D eigenvalue weighted by Crippen LogP contribution is -2.45. The minimum absolute atomic E-state index is 0.0672. The van der Waals surface area contributed by atoms with Crippen LogP contribution in [0.15, 0.2) is 77.0 Å². The molecule has 2 N–H and O–H groups in total. The number of anilines is 1. The van der Waals surface area contributed by atoms with Gasteiger partial charge in [-0.15, -0.1) is 11.3 Å². The maximum atomic E-state index is 13.0. The smallest absolute Gasteiger partial charge is 0.262 e. The molecule has 0 aliphatic carbocycles. The summed E-state index contributed by atoms with van der Waals surface area (Å²) in [5, 5.41) is 7.30. The lowest BCUT2D eigenvalue weighted by Gasteiger charge is -2.19. The molecule has 1 unspecified atom stereocenters. The normalized spacial score (nSPS) is 12.4. The topological polar surface area (TPSA) is 95.6 Å². The van der Waals surface area contributed by atoms with Gasteiger partial charge in [0.25, 0.3) is 5.91 Å². The van der Waals surface area contributed by atoms with Crippen LogP contribution < -0.4 is 10.6 Å². The molecule has 0 aliphatic heterocycles. The Bertz CT molecular complexity index is 1140. The number of amides is 2. The average Bonchev–Trinajstić information content (AvgIpc) is 3.29. The van der Waals surface area contributed by atoms with Crippen LogP contribution in [0, 0.1) is 0 Å². The van der Waals surface area contributed by atoms with E-state index in [1.807, 2.05) is 30.3 Å². The molecule has 1 aromatic heterocycles. The zero-order valence-electron chi connectivity index (χ0n) is 17.1. The Kier molecular flexibility index (Phi) is 7.21. The van der Waals surface area contributed by atoms with Crippen LogP contribution >= 0.6 is 11.3 Å². The molecular formula is C22H23N3O4S2. The molecule has 1 heterocycles. The van der Waals surface area contributed by atoms with Crippen molar-refractivity contribution in [1.29, 1.82) is 0 Å². The molecule has 3 rings (SSSR count). The van der Waals surface area contributed by atoms with Gasteiger partial charge in [-0.2, -0.15) is 0 Å². The van der Waals surface area contributed by atoms with Crippen LogP contribution in [0.3, 0.4) is 0 Å². The van der Waals surface area contributed by atoms with Gasteiger partial charge in [-0.25, -0.2) is 12.7 Å². The van der Waals surface area contributed by atoms with E-state index in [0.29, 0.717) is 17.0 Å². The summed E-state index contributed by atoms with van der Waals surface area (Å²) in [4.78, 5) is 26.2. The molecule has 0 bridgehead atoms. The number of hydrogen-bond acceptors (Lipinski definition) is 5. The number of nitrogens with one attached hydrogen (secondary N) is 2. The van der Waals surface area contributed by atoms with E-state index in [1.165, 1.54) is 37.6 Å². The molecule has 0 radical (unpaired) electrons. The first-order chi connectivity index (χ1) is 14.8. The van der Waals surface area contributed by atoms with Crippen LogP contribution in [0.4, 0.5) is 5.69 Å². The number of rotatable bonds is 8. The third-order valence-corrected chi connectivity index (χ3v) is 7.21. The maximum absolute atomic E-state index is 13.0. The number of sulfonamides is 1. The molecule has 9 heteroatoms. The summed E-state index contributed by atoms with van der Waals surface area (Å²) in [6.07, 6.45) is 0.291. The van der Waals surface area contributed by atoms with Crippen LogP contribution in [0.25, 0.3) is 0 Å². The van der Waals surface area contributed by atoms with Gasteiger partial charge < -0.3 is 10.6 Å². The highest BCUT2D eigenvalue weighted by molar-refractivity contribution is 7.89. The predicted molar refractivity (Wildman–Crippen MR) is 122 cm³/mol. The van der Waals surface area contributed by atoms with Crippen LogP contribution in [0.2, 0.25) is 0 Å². The first-order valence-corrected chi connectivity index (χ1v) is 11.8. The van der Waals surface area contributed by atoms with Gasteiger partial charge in [-0.3, -0.25) is 9.59 Å². The van der Waals surface area contributed by atoms with Gasteiger partial charge in [-0.05, 0) is 35.2 Å². The molecule has 0 saturated heterocycles. The van der Waals surface area contributed by atoms with E-state index in [9.17, 15) is 18.0 Å². The first-order valence-electron chi connectivity index (χ1n) is 9.49. The van der Waals surface area contributed by atoms with Crippen molar-refractivity contribution in [1.82, 2.24) is 9.62 Å². The van der Waals surface area contributed by atoms with Crippen molar-refractivity contribution in [3.63, 3.8) is 0 Å². The molecule has 0 spiro atoms. The van der Waals surface area contributed by atoms with Gasteiger partial charge >= 0.3 is 0 Å². The van der Waals surface area contributed by atoms with Crippen molar-refractivity contribution in [3.05, 3.63) is 82.6 Å². The standard InChI is InChI=1S/C22H23N3O4S2/c1-25(2)31(28,29)18-11-6-10-17(15-18)23-21(26)19(14-16-8-4-3-5-9-16)24-22(27)20-12-7-13-30-20/h3-13,15,19H,14H2,1-2H3,(H,23,26)(H,24,27). The van der Waals surface area contributed by atoms with E-state index in [2.05, 4.69) is 10.6 Å². The first kappa shape index (κ1) is 22.7. The van der Waals surface area contributed by atoms with Crippen molar-refractivity contribution in [3.8, 4) is 0 Å². The average molecular weight is 458 g/mol. The highest BCUT2D eigenvalue weighted by atomic mass is 32.2. The molecule has 0 aliphatic rings. The number of nitrogens with zero attached hydrogens (tertiary/aromatic N) is 1. The Balaban J connectivity index is 1.82. The molecule has 2 amide bonds. The summed E-state index contributed by atoms with van der Waals surface area (Å²) < 4.78 is 25.9. The van der Waals surface area contributed by atoms with Crippen LogP contribution in [0.1, 0.15) is 15.2 Å². The molecule has 31 heavy (non-hydrogen) atoms. The second kappa shape index (κ2) is 9.86. The van der Waals surface area contributed by atoms with Crippen molar-refractivity contribution in [2.24, 2.45) is 0 Å². The third kappa shape index (κ3) is 5.78. The van der Waals surface area contributed by atoms with Gasteiger partial charge in [-0.1, -0.05) is 42.5 Å². The monoisotopic (exact) mass is 457 g/mol. The molecule has 7 nitrogen and oxygen atoms in total. The zero-order valence-corrected chi connectivity index (χ0v) is 18.7. The summed E-state index contributed by atoms with van der Waals surface area (Å²) in [5.74, 6) is -0.775. The number of hydrogen-bond donors (Lipinski definition) is 2. The van der Waals surface area contributed by atoms with E-state index in [0.717, 1.165) is 9.87 Å². The SMILES string of the molecule is CN(C)S(=O)(=O)c1cccc(NC(=O)C(Cc2ccccc2)NC(=O)c2cccs2)c1. The van der Waals surface area contributed by atoms with E-state index >= 15 is 0 Å². The number of thiophene rings is 1. The number of carbonyl (C=O) groups excluding carboxylic acids is 2. The van der Waals surface area contributed by atoms with Crippen LogP contribution in [-0.4, -0.2) is 44.7 Å². The summed E-state index contributed by atoms with van der Waals surface area (Å²) in [5.41, 5.74) is 1.22. The fourth-order valence-corrected chi connectivity index (χ4v) is 4.45. The minimum atomic E-state index is -3.64. The van der Waals surface area contributed by atoms with Crippen molar-refractivity contribution in [2.45, 2.75) is 17.4 Å². The van der Waals surface area contributed by atoms with Crippen molar-refractivity contribution >= 4 is 38.9 Å². The fraction of sp³-hybridized carbons (Fsp3) is 0.182. The fourth-order valence-electron chi connectivity index (χ4n) is 2.87. The summed E-state index contributed by atoms with van der Waals surface area (Å²) >= 11 is 1.29. The highest BCUT2D eigenvalue weighted by Crippen LogP contribution is 2.19. The zero-order chi connectivity index (χ0) is 22.4. The molecule has 1 atom stereocenters. The minimum Gasteiger partial charge on any atom is -0.339 e. The van der Waals surface area contributed by atoms with Gasteiger partial charge in [0.1, 0.15) is 6.04 Å². The Morgan fingerprint density at radius 3 is 2.39 bits per heavy atom. The second-order valence-corrected chi connectivity index (χ2v) is 10.1. The molecule has 3 aromatic rings. The molecular weight excluding hydrogens is 434 g/mol. The summed E-state index contributed by atoms with van der Waals surface area (Å²) in [6.45, 7) is 0. The quantitative estimate of drug-likeness (QED) is 0.544. The van der Waals surface area contributed by atoms with E-state index in [1.54, 1.807) is 29.6 Å². The maximum Gasteiger partial charge on any atom is 0.262 e. The Labute approximate surface area is 185 Å². The van der Waals surface area contributed by atoms with Gasteiger partial charge in [0.15, 0.2) is 0 Å². The molecule has 0 saturated carbocycles. The molecule has 2 aromatic carbocycles. The van der Waals surface area contributed by atoms with E-state index in [-0.39, 0.29) is 10.8 Å². The summed E-state index contributed by atoms with van der Waals surface area (Å²) in [7, 11) is -0.757. The van der Waals surface area contributed by atoms with Gasteiger partial charge in [0.05, 0.1) is 9.77 Å². The van der Waals surface area contributed by atoms with E-state index in [4.69, 9.17) is 0 Å². The van der Waals surface area contributed by atoms with Crippen molar-refractivity contribution < 1.29 is 18.0 Å². The predicted octanol–water partition coefficient (Wildman–Crippen LogP) is 2.98. The van der Waals surface area contributed by atoms with E-state index < -0.39 is 22.0 Å². The Morgan fingerprint density at radius 2 is 1.74 bits per heavy atom. The highest BCUT2D eigenvalue weighted by Gasteiger charge is 2.23. The Morgan fingerprint density at radius 1 is 1.00 bits per heavy atom. The van der Waals surface area contributed by atoms with Crippen molar-refractivity contribution in [2.75, 3.05) is 19.4 Å². The second-order valence-electron chi connectivity index (χ2n) is 7.00. The lowest BCUT2D eigenvalue weighted by molar-refractivity contribution is -0.118. The third-order valence-electron chi connectivity index (χ3n) is 4.53. The number of carbonyl (C=O) groups is 2.